The van der Waals surface area contributed by atoms with Crippen LogP contribution in [0.4, 0.5) is 4.79 Å². The van der Waals surface area contributed by atoms with Gasteiger partial charge in [0.1, 0.15) is 24.2 Å². The molecule has 2 unspecified atom stereocenters. The lowest BCUT2D eigenvalue weighted by atomic mass is 10.3. The zero-order chi connectivity index (χ0) is 10.1. The Labute approximate surface area is 85.2 Å². The zero-order valence-electron chi connectivity index (χ0n) is 7.27. The summed E-state index contributed by atoms with van der Waals surface area (Å²) < 4.78 is 14.7. The molecule has 5 nitrogen and oxygen atoms in total. The number of hydrogen-bond donors (Lipinski definition) is 0. The Morgan fingerprint density at radius 3 is 2.50 bits per heavy atom. The first-order valence-electron chi connectivity index (χ1n) is 4.31. The second-order valence-corrected chi connectivity index (χ2v) is 3.55. The summed E-state index contributed by atoms with van der Waals surface area (Å²) in [6.45, 7) is 0. The van der Waals surface area contributed by atoms with E-state index in [-0.39, 0.29) is 24.2 Å². The molecule has 2 aliphatic rings. The normalized spacial score (nSPS) is 34.6. The smallest absolute Gasteiger partial charge is 0.461 e. The highest BCUT2D eigenvalue weighted by atomic mass is 35.5. The molecule has 1 saturated heterocycles. The molecule has 0 radical (unpaired) electrons. The molecule has 0 bridgehead atoms. The predicted molar refractivity (Wildman–Crippen MR) is 45.0 cm³/mol. The molecule has 1 aliphatic carbocycles. The predicted octanol–water partition coefficient (Wildman–Crippen LogP) is 0.835. The van der Waals surface area contributed by atoms with E-state index >= 15 is 0 Å². The van der Waals surface area contributed by atoms with Crippen molar-refractivity contribution >= 4 is 23.7 Å². The topological polar surface area (TPSA) is 61.8 Å². The molecule has 0 spiro atoms. The lowest BCUT2D eigenvalue weighted by molar-refractivity contribution is -0.146. The van der Waals surface area contributed by atoms with Crippen LogP contribution in [-0.4, -0.2) is 36.3 Å². The molecule has 0 N–H and O–H groups in total. The Morgan fingerprint density at radius 1 is 1.43 bits per heavy atom. The zero-order valence-corrected chi connectivity index (χ0v) is 8.03. The van der Waals surface area contributed by atoms with Crippen molar-refractivity contribution < 1.29 is 23.8 Å². The van der Waals surface area contributed by atoms with E-state index in [9.17, 15) is 9.59 Å². The molecule has 1 heterocycles. The van der Waals surface area contributed by atoms with Gasteiger partial charge in [-0.2, -0.15) is 0 Å². The summed E-state index contributed by atoms with van der Waals surface area (Å²) in [7, 11) is 0. The van der Waals surface area contributed by atoms with Gasteiger partial charge in [-0.25, -0.2) is 4.79 Å². The number of fused-ring (bicyclic) bond motifs is 1. The fourth-order valence-electron chi connectivity index (χ4n) is 1.75. The SMILES string of the molecule is O=C(CCl)OC1CC2OC(=O)OC2C1. The van der Waals surface area contributed by atoms with Crippen molar-refractivity contribution in [2.24, 2.45) is 0 Å². The molecule has 78 valence electrons. The van der Waals surface area contributed by atoms with Crippen molar-refractivity contribution in [2.75, 3.05) is 5.88 Å². The number of carbonyl (C=O) groups is 2. The summed E-state index contributed by atoms with van der Waals surface area (Å²) in [4.78, 5) is 21.5. The third-order valence-electron chi connectivity index (χ3n) is 2.31. The molecule has 0 aromatic carbocycles. The fraction of sp³-hybridized carbons (Fsp3) is 0.750. The van der Waals surface area contributed by atoms with Crippen LogP contribution in [0.2, 0.25) is 0 Å². The van der Waals surface area contributed by atoms with Gasteiger partial charge in [0.2, 0.25) is 0 Å². The van der Waals surface area contributed by atoms with Crippen LogP contribution < -0.4 is 0 Å². The van der Waals surface area contributed by atoms with Crippen LogP contribution >= 0.6 is 11.6 Å². The number of rotatable bonds is 2. The first-order valence-corrected chi connectivity index (χ1v) is 4.85. The second-order valence-electron chi connectivity index (χ2n) is 3.28. The molecule has 0 aromatic heterocycles. The van der Waals surface area contributed by atoms with Gasteiger partial charge in [0, 0.05) is 12.8 Å². The standard InChI is InChI=1S/C8H9ClO5/c9-3-7(10)12-4-1-5-6(2-4)14-8(11)13-5/h4-6H,1-3H2. The molecule has 1 saturated carbocycles. The Hall–Kier alpha value is -0.970. The van der Waals surface area contributed by atoms with Crippen LogP contribution in [0.25, 0.3) is 0 Å². The number of ether oxygens (including phenoxy) is 3. The Bertz CT molecular complexity index is 250. The average molecular weight is 221 g/mol. The molecular weight excluding hydrogens is 212 g/mol. The summed E-state index contributed by atoms with van der Waals surface area (Å²) in [6.07, 6.45) is -0.421. The van der Waals surface area contributed by atoms with Crippen LogP contribution in [0.1, 0.15) is 12.8 Å². The van der Waals surface area contributed by atoms with Crippen molar-refractivity contribution in [1.82, 2.24) is 0 Å². The van der Waals surface area contributed by atoms with E-state index in [1.165, 1.54) is 0 Å². The van der Waals surface area contributed by atoms with E-state index in [2.05, 4.69) is 0 Å². The van der Waals surface area contributed by atoms with E-state index < -0.39 is 12.1 Å². The Balaban J connectivity index is 1.85. The van der Waals surface area contributed by atoms with Gasteiger partial charge in [0.05, 0.1) is 0 Å². The molecule has 2 fully saturated rings. The van der Waals surface area contributed by atoms with Crippen molar-refractivity contribution in [2.45, 2.75) is 31.2 Å². The third-order valence-corrected chi connectivity index (χ3v) is 2.53. The maximum absolute atomic E-state index is 10.8. The van der Waals surface area contributed by atoms with E-state index in [4.69, 9.17) is 25.8 Å². The molecular formula is C8H9ClO5. The molecule has 2 atom stereocenters. The van der Waals surface area contributed by atoms with Crippen molar-refractivity contribution in [1.29, 1.82) is 0 Å². The lowest BCUT2D eigenvalue weighted by Crippen LogP contribution is -2.18. The van der Waals surface area contributed by atoms with Crippen LogP contribution in [0.3, 0.4) is 0 Å². The molecule has 6 heteroatoms. The summed E-state index contributed by atoms with van der Waals surface area (Å²) in [6, 6.07) is 0. The van der Waals surface area contributed by atoms with Gasteiger partial charge in [-0.15, -0.1) is 11.6 Å². The number of halogens is 1. The number of alkyl halides is 1. The summed E-state index contributed by atoms with van der Waals surface area (Å²) in [5, 5.41) is 0. The Morgan fingerprint density at radius 2 is 2.00 bits per heavy atom. The van der Waals surface area contributed by atoms with Gasteiger partial charge in [0.25, 0.3) is 0 Å². The van der Waals surface area contributed by atoms with Gasteiger partial charge >= 0.3 is 12.1 Å². The minimum absolute atomic E-state index is 0.160. The maximum Gasteiger partial charge on any atom is 0.509 e. The highest BCUT2D eigenvalue weighted by molar-refractivity contribution is 6.26. The number of esters is 1. The molecule has 2 rings (SSSR count). The fourth-order valence-corrected chi connectivity index (χ4v) is 1.82. The minimum Gasteiger partial charge on any atom is -0.461 e. The highest BCUT2D eigenvalue weighted by Gasteiger charge is 2.46. The van der Waals surface area contributed by atoms with Crippen LogP contribution in [0.15, 0.2) is 0 Å². The summed E-state index contributed by atoms with van der Waals surface area (Å²) in [5.41, 5.74) is 0. The van der Waals surface area contributed by atoms with Gasteiger partial charge < -0.3 is 14.2 Å². The minimum atomic E-state index is -0.637. The van der Waals surface area contributed by atoms with E-state index in [1.807, 2.05) is 0 Å². The molecule has 14 heavy (non-hydrogen) atoms. The average Bonchev–Trinajstić information content (AvgIpc) is 2.60. The highest BCUT2D eigenvalue weighted by Crippen LogP contribution is 2.32. The summed E-state index contributed by atoms with van der Waals surface area (Å²) in [5.74, 6) is -0.616. The second kappa shape index (κ2) is 3.65. The van der Waals surface area contributed by atoms with Gasteiger partial charge in [-0.1, -0.05) is 0 Å². The quantitative estimate of drug-likeness (QED) is 0.510. The van der Waals surface area contributed by atoms with E-state index in [0.717, 1.165) is 0 Å². The number of hydrogen-bond acceptors (Lipinski definition) is 5. The first kappa shape index (κ1) is 9.58. The van der Waals surface area contributed by atoms with E-state index in [1.54, 1.807) is 0 Å². The number of carbonyl (C=O) groups excluding carboxylic acids is 2. The van der Waals surface area contributed by atoms with Gasteiger partial charge in [-0.05, 0) is 0 Å². The van der Waals surface area contributed by atoms with Crippen molar-refractivity contribution in [3.05, 3.63) is 0 Å². The molecule has 0 aromatic rings. The largest absolute Gasteiger partial charge is 0.509 e. The summed E-state index contributed by atoms with van der Waals surface area (Å²) >= 11 is 5.28. The van der Waals surface area contributed by atoms with Gasteiger partial charge in [-0.3, -0.25) is 4.79 Å². The van der Waals surface area contributed by atoms with Gasteiger partial charge in [0.15, 0.2) is 0 Å². The van der Waals surface area contributed by atoms with Crippen molar-refractivity contribution in [3.8, 4) is 0 Å². The monoisotopic (exact) mass is 220 g/mol. The maximum atomic E-state index is 10.8. The molecule has 0 amide bonds. The Kier molecular flexibility index (Phi) is 2.50. The van der Waals surface area contributed by atoms with Crippen LogP contribution in [0.5, 0.6) is 0 Å². The first-order chi connectivity index (χ1) is 6.69. The van der Waals surface area contributed by atoms with Crippen LogP contribution in [-0.2, 0) is 19.0 Å². The third kappa shape index (κ3) is 1.77. The lowest BCUT2D eigenvalue weighted by Gasteiger charge is -2.10. The van der Waals surface area contributed by atoms with Crippen LogP contribution in [0, 0.1) is 0 Å². The van der Waals surface area contributed by atoms with Crippen molar-refractivity contribution in [3.63, 3.8) is 0 Å². The molecule has 1 aliphatic heterocycles. The van der Waals surface area contributed by atoms with E-state index in [0.29, 0.717) is 12.8 Å².